The maximum absolute atomic E-state index is 11.4. The number of carbonyl (C=O) groups is 1. The molecule has 0 bridgehead atoms. The molecule has 0 N–H and O–H groups in total. The van der Waals surface area contributed by atoms with Crippen molar-refractivity contribution in [2.45, 2.75) is 13.0 Å². The summed E-state index contributed by atoms with van der Waals surface area (Å²) in [7, 11) is 1.53. The summed E-state index contributed by atoms with van der Waals surface area (Å²) in [6.07, 6.45) is 3.70. The Morgan fingerprint density at radius 1 is 1.48 bits per heavy atom. The van der Waals surface area contributed by atoms with Crippen molar-refractivity contribution >= 4 is 12.0 Å². The summed E-state index contributed by atoms with van der Waals surface area (Å²) in [6.45, 7) is 5.46. The van der Waals surface area contributed by atoms with Gasteiger partial charge in [-0.3, -0.25) is 0 Å². The van der Waals surface area contributed by atoms with E-state index in [2.05, 4.69) is 6.58 Å². The van der Waals surface area contributed by atoms with Crippen LogP contribution in [0.2, 0.25) is 0 Å². The first-order chi connectivity index (χ1) is 10.1. The molecule has 1 aromatic rings. The number of benzene rings is 1. The number of nitrogens with zero attached hydrogens (tertiary/aromatic N) is 1. The van der Waals surface area contributed by atoms with Crippen molar-refractivity contribution in [3.8, 4) is 17.6 Å². The van der Waals surface area contributed by atoms with Crippen molar-refractivity contribution < 1.29 is 19.0 Å². The van der Waals surface area contributed by atoms with Crippen LogP contribution in [0, 0.1) is 11.3 Å². The molecule has 0 saturated carbocycles. The van der Waals surface area contributed by atoms with Gasteiger partial charge >= 0.3 is 5.97 Å². The summed E-state index contributed by atoms with van der Waals surface area (Å²) in [5.41, 5.74) is 0.749. The van der Waals surface area contributed by atoms with E-state index in [0.29, 0.717) is 18.1 Å². The summed E-state index contributed by atoms with van der Waals surface area (Å²) in [4.78, 5) is 11.4. The Morgan fingerprint density at radius 2 is 2.24 bits per heavy atom. The molecule has 0 aliphatic carbocycles. The molecule has 0 fully saturated rings. The van der Waals surface area contributed by atoms with Crippen molar-refractivity contribution in [3.63, 3.8) is 0 Å². The molecule has 0 amide bonds. The van der Waals surface area contributed by atoms with Gasteiger partial charge in [0, 0.05) is 6.08 Å². The Labute approximate surface area is 124 Å². The normalized spacial score (nSPS) is 11.5. The molecular weight excluding hydrogens is 270 g/mol. The van der Waals surface area contributed by atoms with Gasteiger partial charge in [-0.15, -0.1) is 0 Å². The number of carbonyl (C=O) groups excluding carboxylic acids is 1. The van der Waals surface area contributed by atoms with Gasteiger partial charge in [-0.2, -0.15) is 5.26 Å². The van der Waals surface area contributed by atoms with E-state index >= 15 is 0 Å². The van der Waals surface area contributed by atoms with Gasteiger partial charge in [0.1, 0.15) is 12.7 Å². The van der Waals surface area contributed by atoms with E-state index in [4.69, 9.17) is 19.5 Å². The molecule has 0 unspecified atom stereocenters. The number of hydrogen-bond donors (Lipinski definition) is 0. The molecule has 1 aromatic carbocycles. The van der Waals surface area contributed by atoms with Crippen LogP contribution in [0.3, 0.4) is 0 Å². The molecule has 0 saturated heterocycles. The Morgan fingerprint density at radius 3 is 2.86 bits per heavy atom. The van der Waals surface area contributed by atoms with Crippen molar-refractivity contribution in [2.24, 2.45) is 0 Å². The largest absolute Gasteiger partial charge is 0.493 e. The first-order valence-corrected chi connectivity index (χ1v) is 6.30. The van der Waals surface area contributed by atoms with Crippen LogP contribution in [0.25, 0.3) is 6.08 Å². The molecule has 0 aliphatic heterocycles. The topological polar surface area (TPSA) is 68.5 Å². The lowest BCUT2D eigenvalue weighted by Gasteiger charge is -2.09. The SMILES string of the molecule is C=CCOc1ccc(/C=C/C(=O)O[C@H](C)C#N)cc1OC. The number of methoxy groups -OCH3 is 1. The van der Waals surface area contributed by atoms with Gasteiger partial charge in [-0.05, 0) is 30.7 Å². The summed E-state index contributed by atoms with van der Waals surface area (Å²) in [6, 6.07) is 7.07. The number of ether oxygens (including phenoxy) is 3. The zero-order valence-electron chi connectivity index (χ0n) is 12.0. The lowest BCUT2D eigenvalue weighted by atomic mass is 10.2. The zero-order chi connectivity index (χ0) is 15.7. The smallest absolute Gasteiger partial charge is 0.332 e. The average molecular weight is 287 g/mol. The number of hydrogen-bond acceptors (Lipinski definition) is 5. The molecule has 0 radical (unpaired) electrons. The fraction of sp³-hybridized carbons (Fsp3) is 0.250. The fourth-order valence-electron chi connectivity index (χ4n) is 1.46. The van der Waals surface area contributed by atoms with Gasteiger partial charge in [-0.25, -0.2) is 4.79 Å². The first-order valence-electron chi connectivity index (χ1n) is 6.30. The Balaban J connectivity index is 2.78. The van der Waals surface area contributed by atoms with Crippen LogP contribution in [-0.2, 0) is 9.53 Å². The van der Waals surface area contributed by atoms with E-state index in [0.717, 1.165) is 5.56 Å². The quantitative estimate of drug-likeness (QED) is 0.438. The van der Waals surface area contributed by atoms with Crippen LogP contribution in [-0.4, -0.2) is 25.8 Å². The van der Waals surface area contributed by atoms with E-state index in [-0.39, 0.29) is 0 Å². The minimum atomic E-state index is -0.772. The predicted octanol–water partition coefficient (Wildman–Crippen LogP) is 2.73. The molecule has 1 rings (SSSR count). The highest BCUT2D eigenvalue weighted by Gasteiger charge is 2.06. The van der Waals surface area contributed by atoms with Crippen LogP contribution >= 0.6 is 0 Å². The summed E-state index contributed by atoms with van der Waals surface area (Å²) < 4.78 is 15.5. The molecule has 0 aliphatic rings. The van der Waals surface area contributed by atoms with Gasteiger partial charge in [0.2, 0.25) is 0 Å². The standard InChI is InChI=1S/C16H17NO4/c1-4-9-20-14-7-5-13(10-15(14)19-3)6-8-16(18)21-12(2)11-17/h4-8,10,12H,1,9H2,2-3H3/b8-6+/t12-/m1/s1. The summed E-state index contributed by atoms with van der Waals surface area (Å²) >= 11 is 0. The minimum Gasteiger partial charge on any atom is -0.493 e. The second-order valence-electron chi connectivity index (χ2n) is 4.05. The van der Waals surface area contributed by atoms with Gasteiger partial charge in [0.15, 0.2) is 17.6 Å². The number of rotatable bonds is 7. The van der Waals surface area contributed by atoms with E-state index in [1.807, 2.05) is 6.07 Å². The first kappa shape index (κ1) is 16.3. The van der Waals surface area contributed by atoms with Crippen LogP contribution < -0.4 is 9.47 Å². The third kappa shape index (κ3) is 5.41. The Kier molecular flexibility index (Phi) is 6.55. The van der Waals surface area contributed by atoms with Gasteiger partial charge in [-0.1, -0.05) is 18.7 Å². The maximum Gasteiger partial charge on any atom is 0.332 e. The molecule has 0 aromatic heterocycles. The average Bonchev–Trinajstić information content (AvgIpc) is 2.50. The van der Waals surface area contributed by atoms with Crippen LogP contribution in [0.5, 0.6) is 11.5 Å². The van der Waals surface area contributed by atoms with Gasteiger partial charge in [0.05, 0.1) is 7.11 Å². The second kappa shape index (κ2) is 8.43. The molecule has 0 heterocycles. The summed E-state index contributed by atoms with van der Waals surface area (Å²) in [5, 5.41) is 8.55. The second-order valence-corrected chi connectivity index (χ2v) is 4.05. The van der Waals surface area contributed by atoms with Gasteiger partial charge in [0.25, 0.3) is 0 Å². The summed E-state index contributed by atoms with van der Waals surface area (Å²) in [5.74, 6) is 0.572. The van der Waals surface area contributed by atoms with Crippen molar-refractivity contribution in [1.82, 2.24) is 0 Å². The third-order valence-corrected chi connectivity index (χ3v) is 2.43. The molecule has 110 valence electrons. The molecule has 0 spiro atoms. The Bertz CT molecular complexity index is 572. The molecule has 5 nitrogen and oxygen atoms in total. The maximum atomic E-state index is 11.4. The molecule has 5 heteroatoms. The van der Waals surface area contributed by atoms with Crippen LogP contribution in [0.1, 0.15) is 12.5 Å². The monoisotopic (exact) mass is 287 g/mol. The van der Waals surface area contributed by atoms with Gasteiger partial charge < -0.3 is 14.2 Å². The van der Waals surface area contributed by atoms with Crippen LogP contribution in [0.15, 0.2) is 36.9 Å². The zero-order valence-corrected chi connectivity index (χ0v) is 12.0. The fourth-order valence-corrected chi connectivity index (χ4v) is 1.46. The van der Waals surface area contributed by atoms with Crippen LogP contribution in [0.4, 0.5) is 0 Å². The number of esters is 1. The van der Waals surface area contributed by atoms with Crippen molar-refractivity contribution in [3.05, 3.63) is 42.5 Å². The predicted molar refractivity (Wildman–Crippen MR) is 78.9 cm³/mol. The third-order valence-electron chi connectivity index (χ3n) is 2.43. The highest BCUT2D eigenvalue weighted by molar-refractivity contribution is 5.87. The van der Waals surface area contributed by atoms with E-state index < -0.39 is 12.1 Å². The van der Waals surface area contributed by atoms with E-state index in [9.17, 15) is 4.79 Å². The minimum absolute atomic E-state index is 0.379. The molecular formula is C16H17NO4. The van der Waals surface area contributed by atoms with E-state index in [1.165, 1.54) is 20.1 Å². The highest BCUT2D eigenvalue weighted by Crippen LogP contribution is 2.28. The molecule has 21 heavy (non-hydrogen) atoms. The lowest BCUT2D eigenvalue weighted by Crippen LogP contribution is -2.10. The lowest BCUT2D eigenvalue weighted by molar-refractivity contribution is -0.139. The van der Waals surface area contributed by atoms with E-state index in [1.54, 1.807) is 30.4 Å². The van der Waals surface area contributed by atoms with Crippen molar-refractivity contribution in [1.29, 1.82) is 5.26 Å². The van der Waals surface area contributed by atoms with Crippen molar-refractivity contribution in [2.75, 3.05) is 13.7 Å². The highest BCUT2D eigenvalue weighted by atomic mass is 16.5. The number of nitriles is 1. The Hall–Kier alpha value is -2.74. The molecule has 1 atom stereocenters.